The number of anilines is 3. The average Bonchev–Trinajstić information content (AvgIpc) is 3.51. The number of halogens is 3. The van der Waals surface area contributed by atoms with E-state index in [1.807, 2.05) is 17.7 Å². The maximum absolute atomic E-state index is 14.2. The molecule has 5 aromatic rings. The van der Waals surface area contributed by atoms with E-state index in [1.165, 1.54) is 60.1 Å². The van der Waals surface area contributed by atoms with Gasteiger partial charge in [-0.05, 0) is 62.1 Å². The van der Waals surface area contributed by atoms with E-state index in [-0.39, 0.29) is 21.8 Å². The van der Waals surface area contributed by atoms with Crippen LogP contribution in [-0.2, 0) is 6.54 Å². The van der Waals surface area contributed by atoms with Crippen molar-refractivity contribution in [1.82, 2.24) is 19.5 Å². The van der Waals surface area contributed by atoms with E-state index >= 15 is 0 Å². The predicted molar refractivity (Wildman–Crippen MR) is 159 cm³/mol. The Morgan fingerprint density at radius 1 is 1.07 bits per heavy atom. The highest BCUT2D eigenvalue weighted by Crippen LogP contribution is 2.34. The number of thiophene rings is 1. The van der Waals surface area contributed by atoms with Crippen LogP contribution in [0.15, 0.2) is 66.7 Å². The molecular weight excluding hydrogens is 579 g/mol. The Balaban J connectivity index is 1.24. The molecule has 13 heteroatoms. The smallest absolute Gasteiger partial charge is 0.366 e. The zero-order valence-corrected chi connectivity index (χ0v) is 24.0. The fourth-order valence-corrected chi connectivity index (χ4v) is 5.59. The molecule has 1 fully saturated rings. The van der Waals surface area contributed by atoms with Crippen LogP contribution in [0, 0.1) is 13.8 Å². The summed E-state index contributed by atoms with van der Waals surface area (Å²) in [5.41, 5.74) is 2.59. The molecule has 0 radical (unpaired) electrons. The topological polar surface area (TPSA) is 105 Å². The summed E-state index contributed by atoms with van der Waals surface area (Å²) in [4.78, 5) is 39.1. The van der Waals surface area contributed by atoms with E-state index in [4.69, 9.17) is 0 Å². The van der Waals surface area contributed by atoms with Gasteiger partial charge >= 0.3 is 6.30 Å². The molecule has 1 aliphatic carbocycles. The van der Waals surface area contributed by atoms with Gasteiger partial charge in [0.15, 0.2) is 0 Å². The minimum absolute atomic E-state index is 0.202. The maximum Gasteiger partial charge on any atom is 0.491 e. The second-order valence-corrected chi connectivity index (χ2v) is 11.3. The maximum atomic E-state index is 14.2. The number of aromatic nitrogens is 4. The molecule has 2 aromatic carbocycles. The average molecular weight is 606 g/mol. The van der Waals surface area contributed by atoms with Crippen molar-refractivity contribution in [2.24, 2.45) is 0 Å². The number of imidazole rings is 1. The van der Waals surface area contributed by atoms with E-state index in [0.29, 0.717) is 35.0 Å². The Bertz CT molecular complexity index is 1830. The molecule has 0 atom stereocenters. The highest BCUT2D eigenvalue weighted by molar-refractivity contribution is 7.18. The van der Waals surface area contributed by atoms with Gasteiger partial charge in [0.25, 0.3) is 11.8 Å². The number of rotatable bonds is 8. The minimum Gasteiger partial charge on any atom is -0.366 e. The molecule has 0 spiro atoms. The number of hydrogen-bond acceptors (Lipinski definition) is 7. The van der Waals surface area contributed by atoms with Crippen molar-refractivity contribution in [3.8, 4) is 0 Å². The number of benzene rings is 2. The number of hydrogen-bond donors (Lipinski definition) is 2. The number of fused-ring (bicyclic) bond motifs is 1. The van der Waals surface area contributed by atoms with E-state index in [0.717, 1.165) is 28.8 Å². The van der Waals surface area contributed by atoms with Crippen LogP contribution in [0.1, 0.15) is 50.4 Å². The fraction of sp³-hybridized carbons (Fsp3) is 0.233. The van der Waals surface area contributed by atoms with E-state index in [1.54, 1.807) is 18.6 Å². The van der Waals surface area contributed by atoms with Crippen molar-refractivity contribution in [3.63, 3.8) is 0 Å². The van der Waals surface area contributed by atoms with Crippen molar-refractivity contribution >= 4 is 50.6 Å². The van der Waals surface area contributed by atoms with Crippen molar-refractivity contribution in [2.75, 3.05) is 15.5 Å². The molecular formula is C30H26F3N7O2S. The zero-order chi connectivity index (χ0) is 30.3. The van der Waals surface area contributed by atoms with Gasteiger partial charge in [-0.3, -0.25) is 9.59 Å². The summed E-state index contributed by atoms with van der Waals surface area (Å²) in [5, 5.41) is 7.75. The first kappa shape index (κ1) is 28.3. The normalized spacial score (nSPS) is 13.2. The summed E-state index contributed by atoms with van der Waals surface area (Å²) in [7, 11) is 0. The van der Waals surface area contributed by atoms with Crippen LogP contribution < -0.4 is 15.5 Å². The fourth-order valence-electron chi connectivity index (χ4n) is 4.64. The summed E-state index contributed by atoms with van der Waals surface area (Å²) in [6.45, 7) is 3.96. The Morgan fingerprint density at radius 2 is 1.84 bits per heavy atom. The number of carbonyl (C=O) groups is 2. The molecule has 1 aliphatic rings. The molecule has 9 nitrogen and oxygen atoms in total. The standard InChI is InChI=1S/C30H26F3N7O2S/c1-17-3-6-20(11-24(17)38-28(41)23-14-43-26-25(23)34-15-35-27(26)37-21-7-8-21)29(42)40(30(31,32)33)22-9-4-19(5-10-22)13-39-12-18(2)36-16-39/h3-6,9-12,14-16,21H,7-8,13H2,1-2H3,(H,38,41)(H,34,35,37). The van der Waals surface area contributed by atoms with Crippen LogP contribution >= 0.6 is 11.3 Å². The monoisotopic (exact) mass is 605 g/mol. The van der Waals surface area contributed by atoms with Gasteiger partial charge in [0.2, 0.25) is 0 Å². The Morgan fingerprint density at radius 3 is 2.51 bits per heavy atom. The van der Waals surface area contributed by atoms with Crippen molar-refractivity contribution in [3.05, 3.63) is 94.6 Å². The molecule has 0 saturated heterocycles. The van der Waals surface area contributed by atoms with Crippen LogP contribution in [0.25, 0.3) is 10.2 Å². The second kappa shape index (κ2) is 11.1. The highest BCUT2D eigenvalue weighted by atomic mass is 32.1. The van der Waals surface area contributed by atoms with Gasteiger partial charge in [-0.15, -0.1) is 24.5 Å². The quantitative estimate of drug-likeness (QED) is 0.195. The molecule has 1 saturated carbocycles. The molecule has 3 heterocycles. The number of amides is 2. The molecule has 220 valence electrons. The van der Waals surface area contributed by atoms with Crippen LogP contribution in [0.2, 0.25) is 0 Å². The largest absolute Gasteiger partial charge is 0.491 e. The lowest BCUT2D eigenvalue weighted by atomic mass is 10.1. The lowest BCUT2D eigenvalue weighted by molar-refractivity contribution is -0.122. The van der Waals surface area contributed by atoms with E-state index < -0.39 is 18.1 Å². The Hall–Kier alpha value is -4.78. The van der Waals surface area contributed by atoms with Gasteiger partial charge in [-0.1, -0.05) is 18.2 Å². The summed E-state index contributed by atoms with van der Waals surface area (Å²) in [6, 6.07) is 10.0. The van der Waals surface area contributed by atoms with Gasteiger partial charge in [0.1, 0.15) is 12.1 Å². The SMILES string of the molecule is Cc1cn(Cc2ccc(N(C(=O)c3ccc(C)c(NC(=O)c4csc5c(NC6CC6)ncnc45)c3)C(F)(F)F)cc2)cn1. The third-order valence-electron chi connectivity index (χ3n) is 7.03. The molecule has 3 aromatic heterocycles. The van der Waals surface area contributed by atoms with Crippen LogP contribution in [0.4, 0.5) is 30.4 Å². The molecule has 43 heavy (non-hydrogen) atoms. The van der Waals surface area contributed by atoms with Gasteiger partial charge in [-0.2, -0.15) is 0 Å². The lowest BCUT2D eigenvalue weighted by Gasteiger charge is -2.25. The van der Waals surface area contributed by atoms with E-state index in [2.05, 4.69) is 25.6 Å². The van der Waals surface area contributed by atoms with Crippen LogP contribution in [-0.4, -0.2) is 43.7 Å². The van der Waals surface area contributed by atoms with Gasteiger partial charge in [0, 0.05) is 35.4 Å². The summed E-state index contributed by atoms with van der Waals surface area (Å²) in [6.07, 6.45) is 1.98. The van der Waals surface area contributed by atoms with E-state index in [9.17, 15) is 22.8 Å². The third-order valence-corrected chi connectivity index (χ3v) is 8.00. The third kappa shape index (κ3) is 6.07. The molecule has 2 N–H and O–H groups in total. The van der Waals surface area contributed by atoms with Gasteiger partial charge in [-0.25, -0.2) is 19.9 Å². The highest BCUT2D eigenvalue weighted by Gasteiger charge is 2.42. The zero-order valence-electron chi connectivity index (χ0n) is 23.1. The first-order valence-electron chi connectivity index (χ1n) is 13.5. The van der Waals surface area contributed by atoms with Gasteiger partial charge in [0.05, 0.1) is 33.5 Å². The number of aryl methyl sites for hydroxylation is 2. The summed E-state index contributed by atoms with van der Waals surface area (Å²) in [5.74, 6) is -1.10. The second-order valence-electron chi connectivity index (χ2n) is 10.4. The number of nitrogens with one attached hydrogen (secondary N) is 2. The molecule has 0 unspecified atom stereocenters. The minimum atomic E-state index is -4.99. The number of alkyl halides is 3. The predicted octanol–water partition coefficient (Wildman–Crippen LogP) is 6.55. The van der Waals surface area contributed by atoms with Crippen LogP contribution in [0.3, 0.4) is 0 Å². The van der Waals surface area contributed by atoms with Crippen LogP contribution in [0.5, 0.6) is 0 Å². The van der Waals surface area contributed by atoms with Crippen molar-refractivity contribution in [2.45, 2.75) is 45.6 Å². The van der Waals surface area contributed by atoms with Crippen molar-refractivity contribution < 1.29 is 22.8 Å². The first-order valence-corrected chi connectivity index (χ1v) is 14.3. The van der Waals surface area contributed by atoms with Crippen molar-refractivity contribution in [1.29, 1.82) is 0 Å². The molecule has 0 bridgehead atoms. The molecule has 0 aliphatic heterocycles. The molecule has 2 amide bonds. The summed E-state index contributed by atoms with van der Waals surface area (Å²) >= 11 is 1.33. The van der Waals surface area contributed by atoms with Gasteiger partial charge < -0.3 is 15.2 Å². The Kier molecular flexibility index (Phi) is 7.34. The number of carbonyl (C=O) groups excluding carboxylic acids is 2. The molecule has 6 rings (SSSR count). The summed E-state index contributed by atoms with van der Waals surface area (Å²) < 4.78 is 45.3. The Labute approximate surface area is 248 Å². The lowest BCUT2D eigenvalue weighted by Crippen LogP contribution is -2.43. The first-order chi connectivity index (χ1) is 20.6. The number of nitrogens with zero attached hydrogens (tertiary/aromatic N) is 5.